The minimum absolute atomic E-state index is 0.0269. The Morgan fingerprint density at radius 1 is 1.03 bits per heavy atom. The van der Waals surface area contributed by atoms with Crippen LogP contribution in [-0.4, -0.2) is 30.5 Å². The van der Waals surface area contributed by atoms with Crippen LogP contribution in [0.4, 0.5) is 5.69 Å². The Labute approximate surface area is 198 Å². The van der Waals surface area contributed by atoms with Gasteiger partial charge in [-0.3, -0.25) is 14.5 Å². The van der Waals surface area contributed by atoms with Crippen molar-refractivity contribution in [1.82, 2.24) is 0 Å². The summed E-state index contributed by atoms with van der Waals surface area (Å²) in [6.45, 7) is 7.83. The first-order valence-corrected chi connectivity index (χ1v) is 11.0. The highest BCUT2D eigenvalue weighted by atomic mass is 16.5. The lowest BCUT2D eigenvalue weighted by Crippen LogP contribution is -2.29. The number of hydrogen-bond acceptors (Lipinski definition) is 6. The highest BCUT2D eigenvalue weighted by Gasteiger charge is 2.48. The largest absolute Gasteiger partial charge is 0.507 e. The summed E-state index contributed by atoms with van der Waals surface area (Å²) in [4.78, 5) is 27.9. The highest BCUT2D eigenvalue weighted by molar-refractivity contribution is 6.51. The molecule has 7 heteroatoms. The van der Waals surface area contributed by atoms with Crippen molar-refractivity contribution in [2.75, 3.05) is 18.6 Å². The number of carbonyl (C=O) groups excluding carboxylic acids is 2. The summed E-state index contributed by atoms with van der Waals surface area (Å²) in [6, 6.07) is 13.0. The molecule has 1 N–H and O–H groups in total. The average molecular weight is 462 g/mol. The second-order valence-electron chi connectivity index (χ2n) is 8.18. The van der Waals surface area contributed by atoms with Crippen molar-refractivity contribution in [1.29, 1.82) is 0 Å². The number of amides is 1. The number of aryl methyl sites for hydroxylation is 3. The third-order valence-corrected chi connectivity index (χ3v) is 5.90. The lowest BCUT2D eigenvalue weighted by Gasteiger charge is -2.24. The Morgan fingerprint density at radius 3 is 2.32 bits per heavy atom. The van der Waals surface area contributed by atoms with Crippen LogP contribution in [0.15, 0.2) is 58.5 Å². The molecule has 176 valence electrons. The van der Waals surface area contributed by atoms with Gasteiger partial charge in [-0.2, -0.15) is 0 Å². The first-order valence-electron chi connectivity index (χ1n) is 11.0. The number of benzene rings is 2. The second-order valence-corrected chi connectivity index (χ2v) is 8.18. The van der Waals surface area contributed by atoms with E-state index in [1.165, 1.54) is 4.90 Å². The van der Waals surface area contributed by atoms with Gasteiger partial charge in [0.05, 0.1) is 19.3 Å². The van der Waals surface area contributed by atoms with Gasteiger partial charge in [0, 0.05) is 11.3 Å². The zero-order chi connectivity index (χ0) is 24.6. The summed E-state index contributed by atoms with van der Waals surface area (Å²) >= 11 is 0. The molecule has 1 amide bonds. The molecule has 0 radical (unpaired) electrons. The minimum Gasteiger partial charge on any atom is -0.507 e. The van der Waals surface area contributed by atoms with Crippen LogP contribution in [0.2, 0.25) is 0 Å². The molecule has 1 saturated heterocycles. The summed E-state index contributed by atoms with van der Waals surface area (Å²) in [5.41, 5.74) is 2.42. The van der Waals surface area contributed by atoms with Crippen LogP contribution in [0, 0.1) is 20.8 Å². The predicted octanol–water partition coefficient (Wildman–Crippen LogP) is 5.24. The third-order valence-electron chi connectivity index (χ3n) is 5.90. The van der Waals surface area contributed by atoms with E-state index in [0.717, 1.165) is 5.56 Å². The van der Waals surface area contributed by atoms with E-state index < -0.39 is 17.7 Å². The van der Waals surface area contributed by atoms with Gasteiger partial charge in [-0.05, 0) is 87.4 Å². The van der Waals surface area contributed by atoms with Crippen LogP contribution in [0.1, 0.15) is 41.2 Å². The smallest absolute Gasteiger partial charge is 0.300 e. The fourth-order valence-electron chi connectivity index (χ4n) is 4.25. The van der Waals surface area contributed by atoms with Crippen molar-refractivity contribution in [2.45, 2.75) is 33.7 Å². The number of carbonyl (C=O) groups is 2. The van der Waals surface area contributed by atoms with Crippen LogP contribution in [-0.2, 0) is 9.59 Å². The van der Waals surface area contributed by atoms with Gasteiger partial charge in [0.1, 0.15) is 34.8 Å². The van der Waals surface area contributed by atoms with Gasteiger partial charge >= 0.3 is 0 Å². The number of aliphatic hydroxyl groups excluding tert-OH is 1. The van der Waals surface area contributed by atoms with E-state index in [0.29, 0.717) is 46.4 Å². The van der Waals surface area contributed by atoms with Gasteiger partial charge < -0.3 is 19.0 Å². The molecule has 34 heavy (non-hydrogen) atoms. The Balaban J connectivity index is 1.90. The molecule has 2 aromatic carbocycles. The van der Waals surface area contributed by atoms with Gasteiger partial charge in [0.2, 0.25) is 0 Å². The number of ether oxygens (including phenoxy) is 2. The van der Waals surface area contributed by atoms with E-state index >= 15 is 0 Å². The van der Waals surface area contributed by atoms with E-state index in [9.17, 15) is 14.7 Å². The van der Waals surface area contributed by atoms with Crippen molar-refractivity contribution in [3.63, 3.8) is 0 Å². The van der Waals surface area contributed by atoms with E-state index in [4.69, 9.17) is 13.9 Å². The monoisotopic (exact) mass is 461 g/mol. The number of Topliss-reactive ketones (excluding diaryl/α,β-unsaturated/α-hetero) is 1. The average Bonchev–Trinajstić information content (AvgIpc) is 3.36. The van der Waals surface area contributed by atoms with Crippen molar-refractivity contribution in [2.24, 2.45) is 0 Å². The number of aliphatic hydroxyl groups is 1. The van der Waals surface area contributed by atoms with Crippen molar-refractivity contribution in [3.8, 4) is 11.5 Å². The number of nitrogens with zero attached hydrogens (tertiary/aromatic N) is 1. The summed E-state index contributed by atoms with van der Waals surface area (Å²) in [7, 11) is 1.57. The normalized spacial score (nSPS) is 17.3. The van der Waals surface area contributed by atoms with E-state index in [1.807, 2.05) is 20.8 Å². The van der Waals surface area contributed by atoms with Crippen LogP contribution >= 0.6 is 0 Å². The molecule has 1 aliphatic heterocycles. The lowest BCUT2D eigenvalue weighted by molar-refractivity contribution is -0.132. The molecule has 1 aliphatic rings. The number of hydrogen-bond donors (Lipinski definition) is 1. The van der Waals surface area contributed by atoms with E-state index in [1.54, 1.807) is 62.6 Å². The summed E-state index contributed by atoms with van der Waals surface area (Å²) in [6.07, 6.45) is 0. The molecule has 1 unspecified atom stereocenters. The molecular weight excluding hydrogens is 434 g/mol. The van der Waals surface area contributed by atoms with E-state index in [2.05, 4.69) is 0 Å². The third kappa shape index (κ3) is 3.94. The maximum Gasteiger partial charge on any atom is 0.300 e. The molecule has 1 atom stereocenters. The quantitative estimate of drug-likeness (QED) is 0.307. The van der Waals surface area contributed by atoms with Crippen molar-refractivity contribution in [3.05, 3.63) is 82.3 Å². The molecule has 0 bridgehead atoms. The molecule has 3 aromatic rings. The molecule has 2 heterocycles. The molecule has 0 aliphatic carbocycles. The Bertz CT molecular complexity index is 1280. The minimum atomic E-state index is -0.923. The van der Waals surface area contributed by atoms with Crippen LogP contribution in [0.3, 0.4) is 0 Å². The van der Waals surface area contributed by atoms with Gasteiger partial charge in [-0.25, -0.2) is 0 Å². The zero-order valence-electron chi connectivity index (χ0n) is 19.8. The number of furan rings is 1. The molecule has 1 aromatic heterocycles. The fourth-order valence-corrected chi connectivity index (χ4v) is 4.25. The maximum atomic E-state index is 13.3. The number of ketones is 1. The number of anilines is 1. The summed E-state index contributed by atoms with van der Waals surface area (Å²) < 4.78 is 16.7. The van der Waals surface area contributed by atoms with Gasteiger partial charge in [-0.1, -0.05) is 0 Å². The van der Waals surface area contributed by atoms with Crippen molar-refractivity contribution >= 4 is 23.1 Å². The van der Waals surface area contributed by atoms with E-state index in [-0.39, 0.29) is 11.3 Å². The number of methoxy groups -OCH3 is 1. The fraction of sp³-hybridized carbons (Fsp3) is 0.259. The summed E-state index contributed by atoms with van der Waals surface area (Å²) in [5.74, 6) is 0.554. The first-order chi connectivity index (χ1) is 16.3. The van der Waals surface area contributed by atoms with Crippen LogP contribution < -0.4 is 14.4 Å². The van der Waals surface area contributed by atoms with Crippen LogP contribution in [0.25, 0.3) is 5.76 Å². The second kappa shape index (κ2) is 9.09. The van der Waals surface area contributed by atoms with Gasteiger partial charge in [-0.15, -0.1) is 0 Å². The molecule has 4 rings (SSSR count). The topological polar surface area (TPSA) is 89.2 Å². The SMILES string of the molecule is CCOc1ccc(N2C(=O)C(=O)/C(=C(/O)c3cc(C)c(OC)cc3C)C2c2ccc(C)o2)cc1. The Kier molecular flexibility index (Phi) is 6.20. The highest BCUT2D eigenvalue weighted by Crippen LogP contribution is 2.43. The molecule has 1 fully saturated rings. The standard InChI is InChI=1S/C27H27NO6/c1-6-33-19-10-8-18(9-11-19)28-24(21-12-7-17(4)34-21)23(26(30)27(28)31)25(29)20-13-16(3)22(32-5)14-15(20)2/h7-14,24,29H,6H2,1-5H3/b25-23+. The van der Waals surface area contributed by atoms with Gasteiger partial charge in [0.25, 0.3) is 11.7 Å². The molecule has 0 spiro atoms. The maximum absolute atomic E-state index is 13.3. The predicted molar refractivity (Wildman–Crippen MR) is 128 cm³/mol. The number of rotatable bonds is 6. The van der Waals surface area contributed by atoms with Gasteiger partial charge in [0.15, 0.2) is 0 Å². The molecule has 0 saturated carbocycles. The summed E-state index contributed by atoms with van der Waals surface area (Å²) in [5, 5.41) is 11.4. The van der Waals surface area contributed by atoms with Crippen molar-refractivity contribution < 1.29 is 28.6 Å². The molecule has 7 nitrogen and oxygen atoms in total. The Hall–Kier alpha value is -4.00. The first kappa shape index (κ1) is 23.2. The van der Waals surface area contributed by atoms with Crippen LogP contribution in [0.5, 0.6) is 11.5 Å². The molecular formula is C27H27NO6. The lowest BCUT2D eigenvalue weighted by atomic mass is 9.95. The Morgan fingerprint density at radius 2 is 1.74 bits per heavy atom. The zero-order valence-corrected chi connectivity index (χ0v) is 19.8.